The minimum Gasteiger partial charge on any atom is -0.381 e. The molecule has 0 saturated carbocycles. The number of rotatable bonds is 8. The highest BCUT2D eigenvalue weighted by atomic mass is 16.5. The minimum absolute atomic E-state index is 0.191. The molecule has 0 saturated heterocycles. The molecule has 0 bridgehead atoms. The van der Waals surface area contributed by atoms with Crippen molar-refractivity contribution >= 4 is 5.91 Å². The molecular weight excluding hydrogens is 192 g/mol. The van der Waals surface area contributed by atoms with Gasteiger partial charge in [-0.25, -0.2) is 0 Å². The molecular formula is C11H20N2O2. The van der Waals surface area contributed by atoms with Gasteiger partial charge >= 0.3 is 0 Å². The highest BCUT2D eigenvalue weighted by Crippen LogP contribution is 1.87. The Labute approximate surface area is 91.6 Å². The van der Waals surface area contributed by atoms with E-state index in [-0.39, 0.29) is 12.3 Å². The third-order valence-electron chi connectivity index (χ3n) is 1.79. The molecule has 4 heteroatoms. The van der Waals surface area contributed by atoms with E-state index in [1.165, 1.54) is 0 Å². The molecule has 0 fully saturated rings. The van der Waals surface area contributed by atoms with E-state index in [0.717, 1.165) is 19.4 Å². The topological polar surface area (TPSA) is 64.4 Å². The molecule has 1 atom stereocenters. The molecule has 15 heavy (non-hydrogen) atoms. The zero-order valence-electron chi connectivity index (χ0n) is 9.29. The number of carbonyl (C=O) groups excluding carboxylic acids is 1. The van der Waals surface area contributed by atoms with Gasteiger partial charge in [-0.2, -0.15) is 0 Å². The van der Waals surface area contributed by atoms with Gasteiger partial charge in [0.2, 0.25) is 5.91 Å². The van der Waals surface area contributed by atoms with Crippen LogP contribution in [0.25, 0.3) is 0 Å². The van der Waals surface area contributed by atoms with E-state index in [1.807, 2.05) is 0 Å². The lowest BCUT2D eigenvalue weighted by Gasteiger charge is -2.09. The lowest BCUT2D eigenvalue weighted by molar-refractivity contribution is -0.122. The summed E-state index contributed by atoms with van der Waals surface area (Å²) in [5.41, 5.74) is 5.50. The van der Waals surface area contributed by atoms with Crippen LogP contribution in [0.2, 0.25) is 0 Å². The summed E-state index contributed by atoms with van der Waals surface area (Å²) in [4.78, 5) is 11.2. The number of hydrogen-bond donors (Lipinski definition) is 2. The lowest BCUT2D eigenvalue weighted by atomic mass is 10.2. The number of nitrogens with two attached hydrogens (primary N) is 1. The van der Waals surface area contributed by atoms with E-state index in [2.05, 4.69) is 18.2 Å². The second-order valence-corrected chi connectivity index (χ2v) is 3.27. The first kappa shape index (κ1) is 13.9. The molecule has 0 aliphatic rings. The average Bonchev–Trinajstić information content (AvgIpc) is 2.23. The van der Waals surface area contributed by atoms with E-state index >= 15 is 0 Å². The van der Waals surface area contributed by atoms with Crippen molar-refractivity contribution < 1.29 is 9.53 Å². The second kappa shape index (κ2) is 9.50. The first-order valence-corrected chi connectivity index (χ1v) is 5.26. The number of hydrogen-bond acceptors (Lipinski definition) is 3. The molecule has 0 aliphatic heterocycles. The van der Waals surface area contributed by atoms with Gasteiger partial charge in [-0.15, -0.1) is 12.3 Å². The summed E-state index contributed by atoms with van der Waals surface area (Å²) < 4.78 is 5.26. The first-order valence-electron chi connectivity index (χ1n) is 5.26. The van der Waals surface area contributed by atoms with E-state index in [9.17, 15) is 4.79 Å². The standard InChI is InChI=1S/C11H20N2O2/c1-3-6-10(12)11(14)13-7-5-9-15-8-4-2/h1,10H,4-9,12H2,2H3,(H,13,14). The van der Waals surface area contributed by atoms with Crippen molar-refractivity contribution in [1.82, 2.24) is 5.32 Å². The summed E-state index contributed by atoms with van der Waals surface area (Å²) >= 11 is 0. The Bertz CT molecular complexity index is 211. The fraction of sp³-hybridized carbons (Fsp3) is 0.727. The van der Waals surface area contributed by atoms with Gasteiger partial charge in [0, 0.05) is 26.2 Å². The Morgan fingerprint density at radius 3 is 2.93 bits per heavy atom. The normalized spacial score (nSPS) is 11.8. The molecule has 0 heterocycles. The Morgan fingerprint density at radius 1 is 1.60 bits per heavy atom. The van der Waals surface area contributed by atoms with Crippen LogP contribution in [0.5, 0.6) is 0 Å². The summed E-state index contributed by atoms with van der Waals surface area (Å²) in [5, 5.41) is 2.70. The maximum absolute atomic E-state index is 11.2. The van der Waals surface area contributed by atoms with Gasteiger partial charge in [-0.1, -0.05) is 6.92 Å². The minimum atomic E-state index is -0.591. The van der Waals surface area contributed by atoms with Gasteiger partial charge in [0.15, 0.2) is 0 Å². The zero-order valence-corrected chi connectivity index (χ0v) is 9.29. The van der Waals surface area contributed by atoms with Crippen LogP contribution in [0.1, 0.15) is 26.2 Å². The quantitative estimate of drug-likeness (QED) is 0.448. The number of amides is 1. The van der Waals surface area contributed by atoms with E-state index in [0.29, 0.717) is 13.2 Å². The van der Waals surface area contributed by atoms with Gasteiger partial charge in [-0.3, -0.25) is 4.79 Å². The number of carbonyl (C=O) groups is 1. The van der Waals surface area contributed by atoms with Crippen molar-refractivity contribution in [2.24, 2.45) is 5.73 Å². The number of ether oxygens (including phenoxy) is 1. The number of nitrogens with one attached hydrogen (secondary N) is 1. The van der Waals surface area contributed by atoms with Gasteiger partial charge < -0.3 is 15.8 Å². The molecule has 0 spiro atoms. The van der Waals surface area contributed by atoms with Gasteiger partial charge in [0.25, 0.3) is 0 Å². The summed E-state index contributed by atoms with van der Waals surface area (Å²) in [7, 11) is 0. The van der Waals surface area contributed by atoms with Crippen LogP contribution in [0.3, 0.4) is 0 Å². The summed E-state index contributed by atoms with van der Waals surface area (Å²) in [6.45, 7) is 4.07. The maximum Gasteiger partial charge on any atom is 0.237 e. The molecule has 86 valence electrons. The molecule has 4 nitrogen and oxygen atoms in total. The SMILES string of the molecule is C#CCC(N)C(=O)NCCCOCCC. The molecule has 0 aromatic carbocycles. The smallest absolute Gasteiger partial charge is 0.237 e. The van der Waals surface area contributed by atoms with Crippen molar-refractivity contribution in [2.75, 3.05) is 19.8 Å². The van der Waals surface area contributed by atoms with Crippen LogP contribution >= 0.6 is 0 Å². The van der Waals surface area contributed by atoms with Crippen LogP contribution in [0, 0.1) is 12.3 Å². The van der Waals surface area contributed by atoms with Crippen LogP contribution < -0.4 is 11.1 Å². The van der Waals surface area contributed by atoms with Crippen molar-refractivity contribution in [3.05, 3.63) is 0 Å². The van der Waals surface area contributed by atoms with Crippen molar-refractivity contribution in [3.8, 4) is 12.3 Å². The molecule has 0 aromatic rings. The van der Waals surface area contributed by atoms with Gasteiger partial charge in [0.05, 0.1) is 6.04 Å². The molecule has 0 aliphatic carbocycles. The Kier molecular flexibility index (Phi) is 8.84. The highest BCUT2D eigenvalue weighted by molar-refractivity contribution is 5.81. The summed E-state index contributed by atoms with van der Waals surface area (Å²) in [5.74, 6) is 2.16. The Hall–Kier alpha value is -1.05. The number of terminal acetylenes is 1. The molecule has 1 unspecified atom stereocenters. The molecule has 0 rings (SSSR count). The van der Waals surface area contributed by atoms with Gasteiger partial charge in [0.1, 0.15) is 0 Å². The van der Waals surface area contributed by atoms with Gasteiger partial charge in [-0.05, 0) is 12.8 Å². The predicted octanol–water partition coefficient (Wildman–Crippen LogP) is 0.270. The third kappa shape index (κ3) is 7.98. The molecule has 3 N–H and O–H groups in total. The lowest BCUT2D eigenvalue weighted by Crippen LogP contribution is -2.40. The Morgan fingerprint density at radius 2 is 2.33 bits per heavy atom. The summed E-state index contributed by atoms with van der Waals surface area (Å²) in [6.07, 6.45) is 7.14. The fourth-order valence-electron chi connectivity index (χ4n) is 0.983. The van der Waals surface area contributed by atoms with E-state index in [1.54, 1.807) is 0 Å². The monoisotopic (exact) mass is 212 g/mol. The summed E-state index contributed by atoms with van der Waals surface area (Å²) in [6, 6.07) is -0.591. The van der Waals surface area contributed by atoms with E-state index in [4.69, 9.17) is 16.9 Å². The highest BCUT2D eigenvalue weighted by Gasteiger charge is 2.10. The van der Waals surface area contributed by atoms with Crippen molar-refractivity contribution in [1.29, 1.82) is 0 Å². The second-order valence-electron chi connectivity index (χ2n) is 3.27. The van der Waals surface area contributed by atoms with Crippen LogP contribution in [-0.4, -0.2) is 31.7 Å². The average molecular weight is 212 g/mol. The largest absolute Gasteiger partial charge is 0.381 e. The third-order valence-corrected chi connectivity index (χ3v) is 1.79. The fourth-order valence-corrected chi connectivity index (χ4v) is 0.983. The Balaban J connectivity index is 3.35. The zero-order chi connectivity index (χ0) is 11.5. The van der Waals surface area contributed by atoms with Crippen LogP contribution in [-0.2, 0) is 9.53 Å². The van der Waals surface area contributed by atoms with Crippen molar-refractivity contribution in [2.45, 2.75) is 32.2 Å². The molecule has 0 aromatic heterocycles. The maximum atomic E-state index is 11.2. The van der Waals surface area contributed by atoms with E-state index < -0.39 is 6.04 Å². The molecule has 1 amide bonds. The molecule has 0 radical (unpaired) electrons. The first-order chi connectivity index (χ1) is 7.22. The van der Waals surface area contributed by atoms with Crippen LogP contribution in [0.4, 0.5) is 0 Å². The predicted molar refractivity (Wildman–Crippen MR) is 60.2 cm³/mol. The van der Waals surface area contributed by atoms with Crippen molar-refractivity contribution in [3.63, 3.8) is 0 Å². The van der Waals surface area contributed by atoms with Crippen LogP contribution in [0.15, 0.2) is 0 Å².